The normalized spacial score (nSPS) is 11.2. The van der Waals surface area contributed by atoms with Crippen LogP contribution in [0.5, 0.6) is 0 Å². The Morgan fingerprint density at radius 1 is 1.12 bits per heavy atom. The highest BCUT2D eigenvalue weighted by Gasteiger charge is 2.09. The summed E-state index contributed by atoms with van der Waals surface area (Å²) in [6, 6.07) is 13.2. The average Bonchev–Trinajstić information content (AvgIpc) is 2.66. The van der Waals surface area contributed by atoms with Crippen molar-refractivity contribution in [2.75, 3.05) is 12.4 Å². The van der Waals surface area contributed by atoms with E-state index in [9.17, 15) is 4.79 Å². The molecule has 0 saturated carbocycles. The minimum Gasteiger partial charge on any atom is -0.372 e. The molecule has 7 heteroatoms. The highest BCUT2D eigenvalue weighted by atomic mass is 32.2. The lowest BCUT2D eigenvalue weighted by Crippen LogP contribution is -2.15. The molecule has 3 heterocycles. The van der Waals surface area contributed by atoms with E-state index in [0.29, 0.717) is 22.3 Å². The maximum absolute atomic E-state index is 12.3. The van der Waals surface area contributed by atoms with Crippen LogP contribution in [0.4, 0.5) is 5.82 Å². The fourth-order valence-corrected chi connectivity index (χ4v) is 3.52. The van der Waals surface area contributed by atoms with Crippen molar-refractivity contribution in [1.29, 1.82) is 0 Å². The van der Waals surface area contributed by atoms with Crippen molar-refractivity contribution < 1.29 is 0 Å². The second-order valence-corrected chi connectivity index (χ2v) is 6.87. The van der Waals surface area contributed by atoms with Gasteiger partial charge in [0.15, 0.2) is 5.16 Å². The Morgan fingerprint density at radius 3 is 2.81 bits per heavy atom. The highest BCUT2D eigenvalue weighted by molar-refractivity contribution is 7.98. The molecule has 0 unspecified atom stereocenters. The van der Waals surface area contributed by atoms with Gasteiger partial charge in [-0.3, -0.25) is 9.20 Å². The van der Waals surface area contributed by atoms with Crippen molar-refractivity contribution in [3.05, 3.63) is 70.3 Å². The lowest BCUT2D eigenvalue weighted by Gasteiger charge is -2.08. The van der Waals surface area contributed by atoms with Gasteiger partial charge >= 0.3 is 0 Å². The summed E-state index contributed by atoms with van der Waals surface area (Å²) in [4.78, 5) is 26.0. The van der Waals surface area contributed by atoms with Gasteiger partial charge in [-0.05, 0) is 30.7 Å². The van der Waals surface area contributed by atoms with E-state index in [4.69, 9.17) is 0 Å². The molecular weight excluding hydrogens is 346 g/mol. The molecule has 0 fully saturated rings. The molecule has 3 aromatic heterocycles. The van der Waals surface area contributed by atoms with E-state index in [1.54, 1.807) is 16.7 Å². The molecule has 4 aromatic rings. The summed E-state index contributed by atoms with van der Waals surface area (Å²) in [5.41, 5.74) is 3.19. The first-order valence-electron chi connectivity index (χ1n) is 8.20. The highest BCUT2D eigenvalue weighted by Crippen LogP contribution is 2.25. The van der Waals surface area contributed by atoms with Gasteiger partial charge in [0.25, 0.3) is 5.56 Å². The summed E-state index contributed by atoms with van der Waals surface area (Å²) in [5, 5.41) is 4.75. The van der Waals surface area contributed by atoms with Gasteiger partial charge in [-0.1, -0.05) is 30.0 Å². The number of aryl methyl sites for hydroxylation is 1. The van der Waals surface area contributed by atoms with Crippen LogP contribution in [0, 0.1) is 6.92 Å². The molecule has 0 spiro atoms. The first kappa shape index (κ1) is 16.5. The van der Waals surface area contributed by atoms with Crippen molar-refractivity contribution in [2.24, 2.45) is 0 Å². The molecule has 0 saturated heterocycles. The third kappa shape index (κ3) is 3.13. The maximum atomic E-state index is 12.3. The summed E-state index contributed by atoms with van der Waals surface area (Å²) < 4.78 is 1.56. The Morgan fingerprint density at radius 2 is 1.96 bits per heavy atom. The molecule has 0 radical (unpaired) electrons. The molecular formula is C19H17N5OS. The lowest BCUT2D eigenvalue weighted by molar-refractivity contribution is 0.986. The monoisotopic (exact) mass is 363 g/mol. The fraction of sp³-hybridized carbons (Fsp3) is 0.158. The number of aromatic nitrogens is 4. The topological polar surface area (TPSA) is 72.2 Å². The van der Waals surface area contributed by atoms with Gasteiger partial charge in [0.05, 0.1) is 11.2 Å². The molecule has 1 aromatic carbocycles. The minimum absolute atomic E-state index is 0.0790. The molecule has 4 rings (SSSR count). The first-order chi connectivity index (χ1) is 12.6. The van der Waals surface area contributed by atoms with Crippen LogP contribution < -0.4 is 10.9 Å². The van der Waals surface area contributed by atoms with Crippen LogP contribution in [0.3, 0.4) is 0 Å². The van der Waals surface area contributed by atoms with Crippen molar-refractivity contribution >= 4 is 34.1 Å². The largest absolute Gasteiger partial charge is 0.372 e. The number of thioether (sulfide) groups is 1. The predicted molar refractivity (Wildman–Crippen MR) is 105 cm³/mol. The molecule has 26 heavy (non-hydrogen) atoms. The van der Waals surface area contributed by atoms with Gasteiger partial charge in [0.2, 0.25) is 0 Å². The fourth-order valence-electron chi connectivity index (χ4n) is 2.78. The van der Waals surface area contributed by atoms with E-state index in [0.717, 1.165) is 22.3 Å². The van der Waals surface area contributed by atoms with Gasteiger partial charge in [-0.2, -0.15) is 0 Å². The number of benzene rings is 1. The number of fused-ring (bicyclic) bond motifs is 2. The van der Waals surface area contributed by atoms with Gasteiger partial charge in [-0.25, -0.2) is 15.0 Å². The Balaban J connectivity index is 1.65. The van der Waals surface area contributed by atoms with Crippen molar-refractivity contribution in [3.63, 3.8) is 0 Å². The van der Waals surface area contributed by atoms with Gasteiger partial charge < -0.3 is 5.32 Å². The Kier molecular flexibility index (Phi) is 4.30. The summed E-state index contributed by atoms with van der Waals surface area (Å²) in [6.07, 6.45) is 1.80. The molecule has 0 bridgehead atoms. The number of nitrogens with zero attached hydrogens (tertiary/aromatic N) is 4. The molecule has 0 aliphatic rings. The van der Waals surface area contributed by atoms with E-state index < -0.39 is 0 Å². The quantitative estimate of drug-likeness (QED) is 0.443. The number of rotatable bonds is 4. The third-order valence-corrected chi connectivity index (χ3v) is 4.91. The number of hydrogen-bond donors (Lipinski definition) is 1. The van der Waals surface area contributed by atoms with Crippen LogP contribution >= 0.6 is 11.8 Å². The number of para-hydroxylation sites is 1. The van der Waals surface area contributed by atoms with Crippen molar-refractivity contribution in [2.45, 2.75) is 17.8 Å². The zero-order valence-electron chi connectivity index (χ0n) is 14.4. The molecule has 0 aliphatic heterocycles. The standard InChI is InChI=1S/C19H17N5OS/c1-12-7-8-16-21-13(9-17(25)24(16)10-12)11-26-19-22-15-6-4-3-5-14(15)18(20-2)23-19/h3-10H,11H2,1-2H3,(H,20,22,23). The number of nitrogens with one attached hydrogen (secondary N) is 1. The third-order valence-electron chi connectivity index (χ3n) is 4.03. The van der Waals surface area contributed by atoms with Crippen LogP contribution in [0.2, 0.25) is 0 Å². The van der Waals surface area contributed by atoms with Crippen LogP contribution in [0.1, 0.15) is 11.3 Å². The molecule has 130 valence electrons. The second-order valence-electron chi connectivity index (χ2n) is 5.93. The first-order valence-corrected chi connectivity index (χ1v) is 9.19. The van der Waals surface area contributed by atoms with Crippen LogP contribution in [-0.2, 0) is 5.75 Å². The van der Waals surface area contributed by atoms with E-state index in [1.165, 1.54) is 11.8 Å². The van der Waals surface area contributed by atoms with Crippen LogP contribution in [0.25, 0.3) is 16.6 Å². The van der Waals surface area contributed by atoms with Crippen LogP contribution in [0.15, 0.2) is 58.6 Å². The Hall–Kier alpha value is -2.93. The summed E-state index contributed by atoms with van der Waals surface area (Å²) in [6.45, 7) is 1.95. The predicted octanol–water partition coefficient (Wildman–Crippen LogP) is 3.28. The van der Waals surface area contributed by atoms with E-state index in [1.807, 2.05) is 50.4 Å². The number of hydrogen-bond acceptors (Lipinski definition) is 6. The zero-order chi connectivity index (χ0) is 18.1. The molecule has 6 nitrogen and oxygen atoms in total. The average molecular weight is 363 g/mol. The Labute approximate surface area is 154 Å². The maximum Gasteiger partial charge on any atom is 0.258 e. The van der Waals surface area contributed by atoms with E-state index in [-0.39, 0.29) is 5.56 Å². The van der Waals surface area contributed by atoms with Gasteiger partial charge in [0.1, 0.15) is 11.5 Å². The summed E-state index contributed by atoms with van der Waals surface area (Å²) in [7, 11) is 1.84. The van der Waals surface area contributed by atoms with Crippen LogP contribution in [-0.4, -0.2) is 26.4 Å². The van der Waals surface area contributed by atoms with E-state index in [2.05, 4.69) is 20.3 Å². The van der Waals surface area contributed by atoms with Crippen molar-refractivity contribution in [1.82, 2.24) is 19.4 Å². The molecule has 0 atom stereocenters. The van der Waals surface area contributed by atoms with Crippen molar-refractivity contribution in [3.8, 4) is 0 Å². The molecule has 0 amide bonds. The summed E-state index contributed by atoms with van der Waals surface area (Å²) in [5.74, 6) is 1.32. The van der Waals surface area contributed by atoms with E-state index >= 15 is 0 Å². The number of anilines is 1. The smallest absolute Gasteiger partial charge is 0.258 e. The minimum atomic E-state index is -0.0790. The Bertz CT molecular complexity index is 1170. The summed E-state index contributed by atoms with van der Waals surface area (Å²) >= 11 is 1.47. The second kappa shape index (κ2) is 6.76. The lowest BCUT2D eigenvalue weighted by atomic mass is 10.2. The molecule has 0 aliphatic carbocycles. The SMILES string of the molecule is CNc1nc(SCc2cc(=O)n3cc(C)ccc3n2)nc2ccccc12. The van der Waals surface area contributed by atoms with Gasteiger partial charge in [0, 0.05) is 30.4 Å². The van der Waals surface area contributed by atoms with Gasteiger partial charge in [-0.15, -0.1) is 0 Å². The number of pyridine rings is 1. The molecule has 1 N–H and O–H groups in total. The zero-order valence-corrected chi connectivity index (χ0v) is 15.2.